The molecule has 0 spiro atoms. The highest BCUT2D eigenvalue weighted by Crippen LogP contribution is 2.66. The van der Waals surface area contributed by atoms with Gasteiger partial charge >= 0.3 is 0 Å². The van der Waals surface area contributed by atoms with Gasteiger partial charge in [0, 0.05) is 62.2 Å². The average molecular weight is 1430 g/mol. The highest BCUT2D eigenvalue weighted by Gasteiger charge is 2.40. The van der Waals surface area contributed by atoms with Crippen molar-refractivity contribution < 1.29 is 124 Å². The van der Waals surface area contributed by atoms with E-state index in [1.54, 1.807) is 0 Å². The van der Waals surface area contributed by atoms with Gasteiger partial charge in [-0.15, -0.1) is 56.7 Å². The van der Waals surface area contributed by atoms with Crippen molar-refractivity contribution in [1.82, 2.24) is 0 Å². The van der Waals surface area contributed by atoms with Crippen LogP contribution in [0.4, 0.5) is 0 Å². The Kier molecular flexibility index (Phi) is 25.6. The van der Waals surface area contributed by atoms with Crippen molar-refractivity contribution in [2.45, 2.75) is 96.4 Å². The summed E-state index contributed by atoms with van der Waals surface area (Å²) in [7, 11) is -16.5. The Balaban J connectivity index is 1.14. The summed E-state index contributed by atoms with van der Waals surface area (Å²) < 4.78 is 201. The Hall–Kier alpha value is -4.06. The fourth-order valence-corrected chi connectivity index (χ4v) is 17.4. The predicted octanol–water partition coefficient (Wildman–Crippen LogP) is 8.38. The highest BCUT2D eigenvalue weighted by atomic mass is 32.2. The first-order valence-corrected chi connectivity index (χ1v) is 38.8. The first kappa shape index (κ1) is 70.8. The van der Waals surface area contributed by atoms with Gasteiger partial charge in [-0.25, -0.2) is 0 Å². The van der Waals surface area contributed by atoms with Crippen LogP contribution in [0.15, 0.2) is 0 Å². The van der Waals surface area contributed by atoms with Crippen molar-refractivity contribution in [2.75, 3.05) is 116 Å². The number of rotatable bonds is 39. The van der Waals surface area contributed by atoms with Crippen LogP contribution in [-0.4, -0.2) is 201 Å². The molecule has 27 nitrogen and oxygen atoms in total. The van der Waals surface area contributed by atoms with Gasteiger partial charge in [0.25, 0.3) is 40.5 Å². The van der Waals surface area contributed by atoms with Crippen molar-refractivity contribution in [3.63, 3.8) is 0 Å². The van der Waals surface area contributed by atoms with Gasteiger partial charge in [-0.05, 0) is 65.2 Å². The fraction of sp³-hybridized carbons (Fsp3) is 0.623. The number of aryl methyl sites for hydroxylation is 2. The molecule has 3 aliphatic heterocycles. The lowest BCUT2D eigenvalue weighted by Gasteiger charge is -2.26. The number of aromatic hydroxyl groups is 2. The van der Waals surface area contributed by atoms with Gasteiger partial charge < -0.3 is 72.2 Å². The van der Waals surface area contributed by atoms with Gasteiger partial charge in [0.2, 0.25) is 0 Å². The summed E-state index contributed by atoms with van der Waals surface area (Å²) in [5.74, 6) is 0.0924. The molecule has 5 aromatic rings. The summed E-state index contributed by atoms with van der Waals surface area (Å²) in [6.45, 7) is 4.82. The third kappa shape index (κ3) is 20.2. The zero-order valence-corrected chi connectivity index (χ0v) is 55.8. The number of unbranched alkanes of at least 4 members (excludes halogenated alkanes) is 4. The van der Waals surface area contributed by atoms with Gasteiger partial charge in [-0.2, -0.15) is 33.7 Å². The molecule has 0 radical (unpaired) electrons. The van der Waals surface area contributed by atoms with E-state index in [2.05, 4.69) is 0 Å². The molecule has 0 amide bonds. The maximum atomic E-state index is 12.6. The molecule has 3 unspecified atom stereocenters. The molecule has 5 aromatic heterocycles. The van der Waals surface area contributed by atoms with Crippen LogP contribution >= 0.6 is 56.7 Å². The number of aliphatic hydroxyl groups is 1. The SMILES string of the molecule is Cc1sc(-c2sc(-c3sc(-c4sc(-c5sc(C)c6c5OCC(COCCCCS(=O)(=O)O)O6)c(OCCCOCCCCS(=O)(=O)O)c4O)c4c3OC(COCCCCS(=O)(=O)O)CO4)c(OCCCO)c2O)c2c1OC(COCCCCS(=O)(=O)O)CO2. The average Bonchev–Trinajstić information content (AvgIpc) is 1.62. The number of thiophene rings is 5. The van der Waals surface area contributed by atoms with E-state index in [4.69, 9.17) is 70.5 Å². The normalized spacial score (nSPS) is 16.7. The topological polar surface area (TPSA) is 389 Å². The molecule has 0 aromatic carbocycles. The Morgan fingerprint density at radius 3 is 1.09 bits per heavy atom. The molecule has 0 saturated carbocycles. The molecule has 3 atom stereocenters. The second-order valence-corrected chi connectivity index (χ2v) is 32.5. The zero-order chi connectivity index (χ0) is 64.1. The number of hydrogen-bond donors (Lipinski definition) is 7. The number of ether oxygens (including phenoxy) is 12. The Labute approximate surface area is 535 Å². The van der Waals surface area contributed by atoms with Gasteiger partial charge in [0.1, 0.15) is 19.8 Å². The van der Waals surface area contributed by atoms with Gasteiger partial charge in [0.15, 0.2) is 75.8 Å². The molecule has 0 fully saturated rings. The van der Waals surface area contributed by atoms with Crippen LogP contribution in [0.25, 0.3) is 39.0 Å². The second-order valence-electron chi connectivity index (χ2n) is 20.7. The molecule has 0 bridgehead atoms. The van der Waals surface area contributed by atoms with E-state index in [9.17, 15) is 53.5 Å². The Morgan fingerprint density at radius 1 is 0.382 bits per heavy atom. The third-order valence-corrected chi connectivity index (χ3v) is 22.8. The molecule has 36 heteroatoms. The number of fused-ring (bicyclic) bond motifs is 3. The summed E-state index contributed by atoms with van der Waals surface area (Å²) in [4.78, 5) is 4.82. The first-order valence-electron chi connectivity index (χ1n) is 28.3. The first-order chi connectivity index (χ1) is 42.3. The molecule has 0 aliphatic carbocycles. The van der Waals surface area contributed by atoms with Crippen molar-refractivity contribution in [2.24, 2.45) is 0 Å². The second kappa shape index (κ2) is 32.2. The summed E-state index contributed by atoms with van der Waals surface area (Å²) in [5, 5.41) is 34.8. The summed E-state index contributed by atoms with van der Waals surface area (Å²) >= 11 is 6.12. The summed E-state index contributed by atoms with van der Waals surface area (Å²) in [5.41, 5.74) is 0. The van der Waals surface area contributed by atoms with Crippen molar-refractivity contribution in [3.05, 3.63) is 9.75 Å². The van der Waals surface area contributed by atoms with E-state index in [0.29, 0.717) is 94.1 Å². The van der Waals surface area contributed by atoms with Crippen molar-refractivity contribution in [3.8, 4) is 96.5 Å². The maximum absolute atomic E-state index is 12.6. The largest absolute Gasteiger partial charge is 0.503 e. The standard InChI is InChI=1S/C53H72O27S9/c1-31-38-42(75-28-33(78-38)25-70-15-4-8-22-87(60,61)62)50(81-31)46-36(55)41(73-19-11-13-54)49(83-46)53-45-44(77-30-35(80-45)27-72-17-6-10-24-89(66,67)68)51(85-53)47-37(56)40(74-20-12-18-69-14-3-7-21-86(57,58)59)48(84-47)52-43-39(32(2)82-52)79-34(29-76-43)26-71-16-5-9-23-88(63,64)65/h33-35,54-56H,3-30H2,1-2H3,(H,57,58,59)(H,60,61,62)(H,63,64,65)(H,66,67,68). The van der Waals surface area contributed by atoms with E-state index in [1.165, 1.54) is 34.0 Å². The molecule has 8 heterocycles. The third-order valence-electron chi connectivity index (χ3n) is 13.3. The molecule has 0 saturated heterocycles. The molecule has 8 rings (SSSR count). The Morgan fingerprint density at radius 2 is 0.697 bits per heavy atom. The molecule has 89 heavy (non-hydrogen) atoms. The smallest absolute Gasteiger partial charge is 0.264 e. The van der Waals surface area contributed by atoms with E-state index in [1.807, 2.05) is 13.8 Å². The van der Waals surface area contributed by atoms with E-state index < -0.39 is 70.3 Å². The molecular weight excluding hydrogens is 1360 g/mol. The van der Waals surface area contributed by atoms with Crippen molar-refractivity contribution in [1.29, 1.82) is 0 Å². The van der Waals surface area contributed by atoms with Crippen LogP contribution in [-0.2, 0) is 59.4 Å². The van der Waals surface area contributed by atoms with Crippen LogP contribution in [0.1, 0.15) is 74.0 Å². The molecular formula is C53H72O27S9. The predicted molar refractivity (Wildman–Crippen MR) is 333 cm³/mol. The minimum Gasteiger partial charge on any atom is -0.503 e. The fourth-order valence-electron chi connectivity index (χ4n) is 9.13. The monoisotopic (exact) mass is 1430 g/mol. The van der Waals surface area contributed by atoms with Gasteiger partial charge in [-0.1, -0.05) is 0 Å². The van der Waals surface area contributed by atoms with Crippen LogP contribution in [0.2, 0.25) is 0 Å². The van der Waals surface area contributed by atoms with Crippen LogP contribution in [0.5, 0.6) is 57.5 Å². The lowest BCUT2D eigenvalue weighted by atomic mass is 10.2. The summed E-state index contributed by atoms with van der Waals surface area (Å²) in [6, 6.07) is 0. The highest BCUT2D eigenvalue weighted by molar-refractivity contribution is 7.86. The number of hydrogen-bond acceptors (Lipinski definition) is 28. The lowest BCUT2D eigenvalue weighted by molar-refractivity contribution is 0.00860. The van der Waals surface area contributed by atoms with Crippen LogP contribution < -0.4 is 37.9 Å². The van der Waals surface area contributed by atoms with Crippen molar-refractivity contribution >= 4 is 97.2 Å². The number of aliphatic hydroxyl groups excluding tert-OH is 1. The van der Waals surface area contributed by atoms with E-state index in [-0.39, 0.29) is 171 Å². The van der Waals surface area contributed by atoms with Gasteiger partial charge in [-0.3, -0.25) is 18.2 Å². The van der Waals surface area contributed by atoms with Crippen LogP contribution in [0, 0.1) is 13.8 Å². The minimum atomic E-state index is -4.17. The maximum Gasteiger partial charge on any atom is 0.264 e. The lowest BCUT2D eigenvalue weighted by Crippen LogP contribution is -2.33. The quantitative estimate of drug-likeness (QED) is 0.0143. The molecule has 3 aliphatic rings. The van der Waals surface area contributed by atoms with E-state index in [0.717, 1.165) is 32.4 Å². The molecule has 500 valence electrons. The Bertz CT molecular complexity index is 3620. The van der Waals surface area contributed by atoms with Crippen LogP contribution in [0.3, 0.4) is 0 Å². The van der Waals surface area contributed by atoms with E-state index >= 15 is 0 Å². The minimum absolute atomic E-state index is 0.00955. The summed E-state index contributed by atoms with van der Waals surface area (Å²) in [6.07, 6.45) is 0.977. The zero-order valence-electron chi connectivity index (χ0n) is 48.5. The molecule has 7 N–H and O–H groups in total. The van der Waals surface area contributed by atoms with Gasteiger partial charge in [0.05, 0.1) is 95.1 Å².